The van der Waals surface area contributed by atoms with Gasteiger partial charge in [0.1, 0.15) is 0 Å². The maximum Gasteiger partial charge on any atom is 0.308 e. The first-order valence-electron chi connectivity index (χ1n) is 8.52. The molecule has 2 heterocycles. The predicted octanol–water partition coefficient (Wildman–Crippen LogP) is 1.41. The third-order valence-corrected chi connectivity index (χ3v) is 6.83. The minimum Gasteiger partial charge on any atom is -0.481 e. The van der Waals surface area contributed by atoms with Gasteiger partial charge in [-0.3, -0.25) is 9.59 Å². The van der Waals surface area contributed by atoms with Gasteiger partial charge < -0.3 is 10.0 Å². The molecule has 1 aromatic carbocycles. The number of rotatable bonds is 4. The van der Waals surface area contributed by atoms with E-state index < -0.39 is 27.8 Å². The van der Waals surface area contributed by atoms with Crippen LogP contribution in [0.2, 0.25) is 0 Å². The van der Waals surface area contributed by atoms with Gasteiger partial charge in [-0.05, 0) is 31.4 Å². The summed E-state index contributed by atoms with van der Waals surface area (Å²) in [7, 11) is -3.73. The van der Waals surface area contributed by atoms with Gasteiger partial charge in [-0.2, -0.15) is 4.31 Å². The molecule has 3 rings (SSSR count). The average molecular weight is 366 g/mol. The molecule has 136 valence electrons. The SMILES string of the molecule is O=C(O)C1CCN(C(=O)c2ccccc2S(=O)(=O)N2CCCCC2)C1. The van der Waals surface area contributed by atoms with Gasteiger partial charge in [0, 0.05) is 26.2 Å². The molecule has 1 amide bonds. The number of nitrogens with zero attached hydrogens (tertiary/aromatic N) is 2. The number of hydrogen-bond donors (Lipinski definition) is 1. The Labute approximate surface area is 147 Å². The Balaban J connectivity index is 1.88. The normalized spacial score (nSPS) is 22.1. The molecule has 0 radical (unpaired) electrons. The Bertz CT molecular complexity index is 771. The van der Waals surface area contributed by atoms with Gasteiger partial charge in [-0.1, -0.05) is 18.6 Å². The van der Waals surface area contributed by atoms with Crippen LogP contribution in [0.1, 0.15) is 36.0 Å². The average Bonchev–Trinajstić information content (AvgIpc) is 3.12. The van der Waals surface area contributed by atoms with Gasteiger partial charge in [0.25, 0.3) is 5.91 Å². The second-order valence-corrected chi connectivity index (χ2v) is 8.44. The number of likely N-dealkylation sites (tertiary alicyclic amines) is 1. The minimum absolute atomic E-state index is 0.0145. The lowest BCUT2D eigenvalue weighted by Crippen LogP contribution is -2.37. The van der Waals surface area contributed by atoms with Crippen molar-refractivity contribution in [2.75, 3.05) is 26.2 Å². The number of aliphatic carboxylic acids is 1. The van der Waals surface area contributed by atoms with Crippen LogP contribution in [0, 0.1) is 5.92 Å². The lowest BCUT2D eigenvalue weighted by molar-refractivity contribution is -0.141. The van der Waals surface area contributed by atoms with Gasteiger partial charge in [0.05, 0.1) is 16.4 Å². The van der Waals surface area contributed by atoms with E-state index in [4.69, 9.17) is 5.11 Å². The maximum atomic E-state index is 13.0. The second kappa shape index (κ2) is 7.13. The van der Waals surface area contributed by atoms with Crippen molar-refractivity contribution in [3.8, 4) is 0 Å². The molecule has 1 N–H and O–H groups in total. The topological polar surface area (TPSA) is 95.0 Å². The van der Waals surface area contributed by atoms with Crippen molar-refractivity contribution in [3.63, 3.8) is 0 Å². The van der Waals surface area contributed by atoms with Gasteiger partial charge in [0.15, 0.2) is 0 Å². The van der Waals surface area contributed by atoms with Gasteiger partial charge >= 0.3 is 5.97 Å². The van der Waals surface area contributed by atoms with E-state index in [0.717, 1.165) is 19.3 Å². The minimum atomic E-state index is -3.73. The van der Waals surface area contributed by atoms with Crippen LogP contribution in [0.3, 0.4) is 0 Å². The fourth-order valence-corrected chi connectivity index (χ4v) is 5.13. The molecule has 7 nitrogen and oxygen atoms in total. The number of carboxylic acids is 1. The summed E-state index contributed by atoms with van der Waals surface area (Å²) in [5.41, 5.74) is 0.124. The first-order chi connectivity index (χ1) is 11.9. The largest absolute Gasteiger partial charge is 0.481 e. The number of carboxylic acid groups (broad SMARTS) is 1. The van der Waals surface area contributed by atoms with Gasteiger partial charge in [-0.15, -0.1) is 0 Å². The molecule has 25 heavy (non-hydrogen) atoms. The van der Waals surface area contributed by atoms with Crippen LogP contribution >= 0.6 is 0 Å². The molecule has 0 aliphatic carbocycles. The summed E-state index contributed by atoms with van der Waals surface area (Å²) in [6.45, 7) is 1.38. The molecule has 0 spiro atoms. The molecule has 0 bridgehead atoms. The van der Waals surface area contributed by atoms with Crippen molar-refractivity contribution < 1.29 is 23.1 Å². The highest BCUT2D eigenvalue weighted by Crippen LogP contribution is 2.26. The van der Waals surface area contributed by atoms with Crippen LogP contribution in [0.15, 0.2) is 29.2 Å². The Morgan fingerprint density at radius 1 is 1.04 bits per heavy atom. The number of piperidine rings is 1. The van der Waals surface area contributed by atoms with Crippen molar-refractivity contribution in [2.24, 2.45) is 5.92 Å². The molecule has 2 fully saturated rings. The zero-order valence-corrected chi connectivity index (χ0v) is 14.7. The van der Waals surface area contributed by atoms with Crippen LogP contribution in [-0.2, 0) is 14.8 Å². The molecule has 0 saturated carbocycles. The number of sulfonamides is 1. The summed E-state index contributed by atoms with van der Waals surface area (Å²) in [4.78, 5) is 25.4. The molecule has 2 aliphatic rings. The van der Waals surface area contributed by atoms with Crippen LogP contribution in [0.25, 0.3) is 0 Å². The maximum absolute atomic E-state index is 13.0. The fraction of sp³-hybridized carbons (Fsp3) is 0.529. The quantitative estimate of drug-likeness (QED) is 0.869. The highest BCUT2D eigenvalue weighted by Gasteiger charge is 2.35. The van der Waals surface area contributed by atoms with E-state index in [-0.39, 0.29) is 17.0 Å². The van der Waals surface area contributed by atoms with Gasteiger partial charge in [0.2, 0.25) is 10.0 Å². The molecule has 2 aliphatic heterocycles. The predicted molar refractivity (Wildman–Crippen MR) is 90.7 cm³/mol. The number of carbonyl (C=O) groups is 2. The molecular formula is C17H22N2O5S. The van der Waals surface area contributed by atoms with E-state index in [1.807, 2.05) is 0 Å². The standard InChI is InChI=1S/C17H22N2O5S/c20-16(18-11-8-13(12-18)17(21)22)14-6-2-3-7-15(14)25(23,24)19-9-4-1-5-10-19/h2-3,6-7,13H,1,4-5,8-12H2,(H,21,22). The van der Waals surface area contributed by atoms with Crippen molar-refractivity contribution in [1.82, 2.24) is 9.21 Å². The molecule has 8 heteroatoms. The van der Waals surface area contributed by atoms with Crippen LogP contribution in [0.5, 0.6) is 0 Å². The fourth-order valence-electron chi connectivity index (χ4n) is 3.43. The van der Waals surface area contributed by atoms with E-state index in [2.05, 4.69) is 0 Å². The lowest BCUT2D eigenvalue weighted by Gasteiger charge is -2.27. The zero-order valence-electron chi connectivity index (χ0n) is 13.9. The highest BCUT2D eigenvalue weighted by atomic mass is 32.2. The van der Waals surface area contributed by atoms with Crippen molar-refractivity contribution in [2.45, 2.75) is 30.6 Å². The third-order valence-electron chi connectivity index (χ3n) is 4.88. The third kappa shape index (κ3) is 3.55. The van der Waals surface area contributed by atoms with Gasteiger partial charge in [-0.25, -0.2) is 8.42 Å². The van der Waals surface area contributed by atoms with E-state index in [1.54, 1.807) is 12.1 Å². The van der Waals surface area contributed by atoms with Crippen molar-refractivity contribution in [3.05, 3.63) is 29.8 Å². The molecule has 1 unspecified atom stereocenters. The Kier molecular flexibility index (Phi) is 5.10. The van der Waals surface area contributed by atoms with E-state index in [0.29, 0.717) is 26.1 Å². The number of carbonyl (C=O) groups excluding carboxylic acids is 1. The summed E-state index contributed by atoms with van der Waals surface area (Å²) in [6.07, 6.45) is 3.04. The molecule has 0 aromatic heterocycles. The summed E-state index contributed by atoms with van der Waals surface area (Å²) in [5.74, 6) is -1.93. The highest BCUT2D eigenvalue weighted by molar-refractivity contribution is 7.89. The zero-order chi connectivity index (χ0) is 18.0. The Morgan fingerprint density at radius 2 is 1.72 bits per heavy atom. The first-order valence-corrected chi connectivity index (χ1v) is 9.96. The summed E-state index contributed by atoms with van der Waals surface area (Å²) in [5, 5.41) is 9.10. The number of hydrogen-bond acceptors (Lipinski definition) is 4. The molecule has 1 aromatic rings. The number of amides is 1. The summed E-state index contributed by atoms with van der Waals surface area (Å²) < 4.78 is 27.4. The second-order valence-electron chi connectivity index (χ2n) is 6.54. The van der Waals surface area contributed by atoms with E-state index in [9.17, 15) is 18.0 Å². The molecule has 2 saturated heterocycles. The Hall–Kier alpha value is -1.93. The summed E-state index contributed by atoms with van der Waals surface area (Å²) >= 11 is 0. The first kappa shape index (κ1) is 17.9. The Morgan fingerprint density at radius 3 is 2.36 bits per heavy atom. The lowest BCUT2D eigenvalue weighted by atomic mass is 10.1. The molecular weight excluding hydrogens is 344 g/mol. The van der Waals surface area contributed by atoms with Crippen molar-refractivity contribution in [1.29, 1.82) is 0 Å². The van der Waals surface area contributed by atoms with Crippen LogP contribution in [-0.4, -0.2) is 60.8 Å². The van der Waals surface area contributed by atoms with Crippen LogP contribution < -0.4 is 0 Å². The van der Waals surface area contributed by atoms with E-state index >= 15 is 0 Å². The summed E-state index contributed by atoms with van der Waals surface area (Å²) in [6, 6.07) is 6.21. The van der Waals surface area contributed by atoms with Crippen molar-refractivity contribution >= 4 is 21.9 Å². The van der Waals surface area contributed by atoms with Crippen LogP contribution in [0.4, 0.5) is 0 Å². The number of benzene rings is 1. The molecule has 1 atom stereocenters. The van der Waals surface area contributed by atoms with E-state index in [1.165, 1.54) is 21.3 Å². The smallest absolute Gasteiger partial charge is 0.308 e. The monoisotopic (exact) mass is 366 g/mol.